The highest BCUT2D eigenvalue weighted by atomic mass is 16.5. The molecule has 2 N–H and O–H groups in total. The van der Waals surface area contributed by atoms with E-state index < -0.39 is 16.9 Å². The summed E-state index contributed by atoms with van der Waals surface area (Å²) in [6, 6.07) is 0. The van der Waals surface area contributed by atoms with Crippen molar-refractivity contribution in [3.63, 3.8) is 0 Å². The molecule has 150 valence electrons. The number of nitrogens with one attached hydrogen (secondary N) is 1. The second-order valence-electron chi connectivity index (χ2n) is 8.16. The van der Waals surface area contributed by atoms with Gasteiger partial charge >= 0.3 is 5.97 Å². The number of carbonyl (C=O) groups excluding carboxylic acids is 1. The van der Waals surface area contributed by atoms with Crippen molar-refractivity contribution in [3.8, 4) is 0 Å². The highest BCUT2D eigenvalue weighted by Gasteiger charge is 2.66. The summed E-state index contributed by atoms with van der Waals surface area (Å²) in [5.41, 5.74) is -2.00. The van der Waals surface area contributed by atoms with Crippen molar-refractivity contribution in [2.45, 2.75) is 83.3 Å². The SMILES string of the molecule is CCOC1CC(NC(=O)CCc2nc(C3CCCC3)no2)(C(=O)O)C1(C)C. The summed E-state index contributed by atoms with van der Waals surface area (Å²) in [6.07, 6.45) is 5.02. The molecule has 0 aromatic carbocycles. The predicted octanol–water partition coefficient (Wildman–Crippen LogP) is 2.43. The first-order chi connectivity index (χ1) is 12.8. The summed E-state index contributed by atoms with van der Waals surface area (Å²) in [5.74, 6) is 0.151. The largest absolute Gasteiger partial charge is 0.479 e. The summed E-state index contributed by atoms with van der Waals surface area (Å²) in [4.78, 5) is 28.8. The topological polar surface area (TPSA) is 115 Å². The van der Waals surface area contributed by atoms with E-state index in [2.05, 4.69) is 15.5 Å². The highest BCUT2D eigenvalue weighted by molar-refractivity contribution is 5.89. The van der Waals surface area contributed by atoms with Gasteiger partial charge in [-0.05, 0) is 19.8 Å². The van der Waals surface area contributed by atoms with E-state index in [1.54, 1.807) is 0 Å². The van der Waals surface area contributed by atoms with Gasteiger partial charge in [-0.2, -0.15) is 4.98 Å². The lowest BCUT2D eigenvalue weighted by Gasteiger charge is -2.58. The molecule has 1 heterocycles. The minimum atomic E-state index is -1.31. The molecule has 27 heavy (non-hydrogen) atoms. The molecule has 2 unspecified atom stereocenters. The summed E-state index contributed by atoms with van der Waals surface area (Å²) >= 11 is 0. The van der Waals surface area contributed by atoms with Crippen LogP contribution in [0.2, 0.25) is 0 Å². The molecule has 3 rings (SSSR count). The quantitative estimate of drug-likeness (QED) is 0.713. The Morgan fingerprint density at radius 1 is 1.33 bits per heavy atom. The van der Waals surface area contributed by atoms with Gasteiger partial charge in [-0.15, -0.1) is 0 Å². The first-order valence-corrected chi connectivity index (χ1v) is 9.78. The zero-order valence-corrected chi connectivity index (χ0v) is 16.3. The minimum Gasteiger partial charge on any atom is -0.479 e. The first-order valence-electron chi connectivity index (χ1n) is 9.78. The maximum atomic E-state index is 12.4. The van der Waals surface area contributed by atoms with Crippen molar-refractivity contribution in [3.05, 3.63) is 11.7 Å². The summed E-state index contributed by atoms with van der Waals surface area (Å²) in [7, 11) is 0. The van der Waals surface area contributed by atoms with Crippen LogP contribution >= 0.6 is 0 Å². The van der Waals surface area contributed by atoms with Crippen LogP contribution < -0.4 is 5.32 Å². The van der Waals surface area contributed by atoms with E-state index in [1.807, 2.05) is 20.8 Å². The standard InChI is InChI=1S/C19H29N3O5/c1-4-26-13-11-19(17(24)25,18(13,2)3)21-14(23)9-10-15-20-16(22-27-15)12-7-5-6-8-12/h12-13H,4-11H2,1-3H3,(H,21,23)(H,24,25). The lowest BCUT2D eigenvalue weighted by Crippen LogP contribution is -2.76. The van der Waals surface area contributed by atoms with Crippen LogP contribution in [0, 0.1) is 5.41 Å². The molecule has 1 aromatic rings. The third-order valence-corrected chi connectivity index (χ3v) is 6.25. The van der Waals surface area contributed by atoms with Crippen LogP contribution in [0.25, 0.3) is 0 Å². The molecule has 2 atom stereocenters. The number of nitrogens with zero attached hydrogens (tertiary/aromatic N) is 2. The van der Waals surface area contributed by atoms with Crippen molar-refractivity contribution < 1.29 is 24.0 Å². The van der Waals surface area contributed by atoms with Gasteiger partial charge in [-0.1, -0.05) is 31.8 Å². The molecule has 2 aliphatic rings. The van der Waals surface area contributed by atoms with Crippen LogP contribution in [-0.2, 0) is 20.7 Å². The number of aromatic nitrogens is 2. The third kappa shape index (κ3) is 3.59. The maximum Gasteiger partial charge on any atom is 0.330 e. The van der Waals surface area contributed by atoms with E-state index in [4.69, 9.17) is 9.26 Å². The number of hydrogen-bond acceptors (Lipinski definition) is 6. The van der Waals surface area contributed by atoms with Crippen molar-refractivity contribution in [1.29, 1.82) is 0 Å². The zero-order valence-electron chi connectivity index (χ0n) is 16.3. The lowest BCUT2D eigenvalue weighted by atomic mass is 9.54. The van der Waals surface area contributed by atoms with Crippen molar-refractivity contribution in [2.75, 3.05) is 6.61 Å². The molecule has 2 fully saturated rings. The molecule has 2 aliphatic carbocycles. The number of carbonyl (C=O) groups is 2. The third-order valence-electron chi connectivity index (χ3n) is 6.25. The van der Waals surface area contributed by atoms with E-state index in [9.17, 15) is 14.7 Å². The molecule has 8 nitrogen and oxygen atoms in total. The zero-order chi connectivity index (χ0) is 19.7. The number of rotatable bonds is 8. The molecule has 1 aromatic heterocycles. The van der Waals surface area contributed by atoms with E-state index in [-0.39, 0.29) is 24.9 Å². The Labute approximate surface area is 159 Å². The number of carboxylic acids is 1. The molecule has 0 aliphatic heterocycles. The first kappa shape index (κ1) is 19.8. The van der Waals surface area contributed by atoms with Crippen molar-refractivity contribution in [2.24, 2.45) is 5.41 Å². The smallest absolute Gasteiger partial charge is 0.330 e. The molecule has 0 bridgehead atoms. The van der Waals surface area contributed by atoms with Crippen LogP contribution in [0.5, 0.6) is 0 Å². The minimum absolute atomic E-state index is 0.108. The Morgan fingerprint density at radius 3 is 2.63 bits per heavy atom. The fraction of sp³-hybridized carbons (Fsp3) is 0.789. The van der Waals surface area contributed by atoms with Crippen LogP contribution in [0.3, 0.4) is 0 Å². The predicted molar refractivity (Wildman–Crippen MR) is 96.1 cm³/mol. The Hall–Kier alpha value is -1.96. The molecule has 0 spiro atoms. The summed E-state index contributed by atoms with van der Waals surface area (Å²) in [5, 5.41) is 16.5. The van der Waals surface area contributed by atoms with Gasteiger partial charge in [-0.3, -0.25) is 4.79 Å². The van der Waals surface area contributed by atoms with Crippen molar-refractivity contribution >= 4 is 11.9 Å². The van der Waals surface area contributed by atoms with E-state index in [0.717, 1.165) is 18.7 Å². The summed E-state index contributed by atoms with van der Waals surface area (Å²) in [6.45, 7) is 6.02. The monoisotopic (exact) mass is 379 g/mol. The van der Waals surface area contributed by atoms with Crippen molar-refractivity contribution in [1.82, 2.24) is 15.5 Å². The normalized spacial score (nSPS) is 27.3. The molecule has 1 amide bonds. The average Bonchev–Trinajstić information content (AvgIpc) is 3.29. The fourth-order valence-electron chi connectivity index (χ4n) is 4.28. The summed E-state index contributed by atoms with van der Waals surface area (Å²) < 4.78 is 10.9. The Morgan fingerprint density at radius 2 is 2.04 bits per heavy atom. The molecule has 0 saturated heterocycles. The molecule has 0 radical (unpaired) electrons. The van der Waals surface area contributed by atoms with Gasteiger partial charge in [0.15, 0.2) is 5.82 Å². The van der Waals surface area contributed by atoms with Gasteiger partial charge < -0.3 is 19.7 Å². The number of aryl methyl sites for hydroxylation is 1. The second-order valence-corrected chi connectivity index (χ2v) is 8.16. The number of amides is 1. The maximum absolute atomic E-state index is 12.4. The molecule has 2 saturated carbocycles. The van der Waals surface area contributed by atoms with Gasteiger partial charge in [0.1, 0.15) is 5.54 Å². The molecular weight excluding hydrogens is 350 g/mol. The van der Waals surface area contributed by atoms with Gasteiger partial charge in [0.25, 0.3) is 0 Å². The van der Waals surface area contributed by atoms with Gasteiger partial charge in [0.05, 0.1) is 6.10 Å². The van der Waals surface area contributed by atoms with E-state index in [0.29, 0.717) is 24.8 Å². The molecule has 8 heteroatoms. The number of hydrogen-bond donors (Lipinski definition) is 2. The Kier molecular flexibility index (Phi) is 5.55. The van der Waals surface area contributed by atoms with Gasteiger partial charge in [0, 0.05) is 37.2 Å². The Bertz CT molecular complexity index is 695. The second kappa shape index (κ2) is 7.58. The fourth-order valence-corrected chi connectivity index (χ4v) is 4.28. The van der Waals surface area contributed by atoms with Crippen LogP contribution in [0.4, 0.5) is 0 Å². The van der Waals surface area contributed by atoms with E-state index in [1.165, 1.54) is 12.8 Å². The average molecular weight is 379 g/mol. The van der Waals surface area contributed by atoms with Crippen LogP contribution in [0.15, 0.2) is 4.52 Å². The van der Waals surface area contributed by atoms with Crippen LogP contribution in [-0.4, -0.2) is 45.4 Å². The highest BCUT2D eigenvalue weighted by Crippen LogP contribution is 2.51. The number of aliphatic carboxylic acids is 1. The Balaban J connectivity index is 1.57. The van der Waals surface area contributed by atoms with Crippen LogP contribution in [0.1, 0.15) is 76.9 Å². The number of carboxylic acid groups (broad SMARTS) is 1. The van der Waals surface area contributed by atoms with Gasteiger partial charge in [-0.25, -0.2) is 4.79 Å². The van der Waals surface area contributed by atoms with E-state index >= 15 is 0 Å². The lowest BCUT2D eigenvalue weighted by molar-refractivity contribution is -0.194. The number of ether oxygens (including phenoxy) is 1. The molecular formula is C19H29N3O5. The van der Waals surface area contributed by atoms with Gasteiger partial charge in [0.2, 0.25) is 11.8 Å².